The van der Waals surface area contributed by atoms with E-state index < -0.39 is 0 Å². The Bertz CT molecular complexity index is 675. The molecule has 1 N–H and O–H groups in total. The number of carbonyl (C=O) groups is 1. The number of hydrogen-bond donors (Lipinski definition) is 1. The molecule has 2 heterocycles. The third-order valence-corrected chi connectivity index (χ3v) is 3.95. The number of nitrogens with one attached hydrogen (secondary N) is 1. The Hall–Kier alpha value is -2.69. The minimum atomic E-state index is -0.0635. The van der Waals surface area contributed by atoms with Gasteiger partial charge in [-0.05, 0) is 41.8 Å². The number of hydrogen-bond acceptors (Lipinski definition) is 3. The highest BCUT2D eigenvalue weighted by atomic mass is 16.5. The molecule has 0 unspecified atom stereocenters. The Kier molecular flexibility index (Phi) is 4.66. The van der Waals surface area contributed by atoms with Crippen molar-refractivity contribution in [3.63, 3.8) is 0 Å². The first kappa shape index (κ1) is 15.2. The number of carbonyl (C=O) groups excluding carboxylic acids is 1. The fourth-order valence-electron chi connectivity index (χ4n) is 2.61. The van der Waals surface area contributed by atoms with Crippen LogP contribution in [0.4, 0.5) is 4.79 Å². The summed E-state index contributed by atoms with van der Waals surface area (Å²) in [7, 11) is 1.66. The summed E-state index contributed by atoms with van der Waals surface area (Å²) < 4.78 is 10.4. The maximum Gasteiger partial charge on any atom is 0.318 e. The minimum absolute atomic E-state index is 0.0635. The molecule has 0 radical (unpaired) electrons. The molecule has 0 atom stereocenters. The molecule has 0 saturated carbocycles. The Morgan fingerprint density at radius 2 is 2.13 bits per heavy atom. The molecule has 23 heavy (non-hydrogen) atoms. The first-order valence-electron chi connectivity index (χ1n) is 7.65. The number of benzene rings is 1. The van der Waals surface area contributed by atoms with Crippen molar-refractivity contribution in [2.24, 2.45) is 0 Å². The Labute approximate surface area is 135 Å². The Morgan fingerprint density at radius 3 is 2.74 bits per heavy atom. The van der Waals surface area contributed by atoms with Gasteiger partial charge in [-0.1, -0.05) is 18.2 Å². The second-order valence-corrected chi connectivity index (χ2v) is 5.39. The number of urea groups is 1. The van der Waals surface area contributed by atoms with Crippen molar-refractivity contribution in [1.82, 2.24) is 10.2 Å². The maximum absolute atomic E-state index is 12.1. The maximum atomic E-state index is 12.1. The monoisotopic (exact) mass is 312 g/mol. The van der Waals surface area contributed by atoms with Gasteiger partial charge in [-0.25, -0.2) is 4.79 Å². The highest BCUT2D eigenvalue weighted by Gasteiger charge is 2.17. The number of rotatable bonds is 4. The zero-order valence-corrected chi connectivity index (χ0v) is 13.1. The zero-order valence-electron chi connectivity index (χ0n) is 13.1. The highest BCUT2D eigenvalue weighted by molar-refractivity contribution is 5.76. The van der Waals surface area contributed by atoms with Gasteiger partial charge >= 0.3 is 6.03 Å². The summed E-state index contributed by atoms with van der Waals surface area (Å²) in [6, 6.07) is 11.6. The van der Waals surface area contributed by atoms with Crippen LogP contribution in [-0.2, 0) is 6.54 Å². The van der Waals surface area contributed by atoms with Gasteiger partial charge in [-0.2, -0.15) is 0 Å². The second kappa shape index (κ2) is 7.05. The van der Waals surface area contributed by atoms with Crippen molar-refractivity contribution in [3.05, 3.63) is 60.1 Å². The van der Waals surface area contributed by atoms with Crippen molar-refractivity contribution >= 4 is 11.6 Å². The summed E-state index contributed by atoms with van der Waals surface area (Å²) in [5, 5.41) is 2.87. The van der Waals surface area contributed by atoms with Gasteiger partial charge < -0.3 is 19.4 Å². The molecule has 2 aromatic rings. The van der Waals surface area contributed by atoms with Crippen LogP contribution in [0.1, 0.15) is 17.7 Å². The van der Waals surface area contributed by atoms with E-state index in [4.69, 9.17) is 9.15 Å². The summed E-state index contributed by atoms with van der Waals surface area (Å²) in [5.74, 6) is 1.61. The van der Waals surface area contributed by atoms with Crippen molar-refractivity contribution < 1.29 is 13.9 Å². The molecule has 5 nitrogen and oxygen atoms in total. The SMILES string of the molecule is COc1ccc(C2=CCN(C(=O)NCc3ccco3)CC2)cc1. The van der Waals surface area contributed by atoms with Gasteiger partial charge in [-0.15, -0.1) is 0 Å². The fourth-order valence-corrected chi connectivity index (χ4v) is 2.61. The molecular weight excluding hydrogens is 292 g/mol. The lowest BCUT2D eigenvalue weighted by Crippen LogP contribution is -2.41. The van der Waals surface area contributed by atoms with Gasteiger partial charge in [0.1, 0.15) is 11.5 Å². The molecule has 0 aliphatic carbocycles. The predicted molar refractivity (Wildman–Crippen MR) is 88.1 cm³/mol. The van der Waals surface area contributed by atoms with E-state index in [-0.39, 0.29) is 6.03 Å². The van der Waals surface area contributed by atoms with Gasteiger partial charge in [0.15, 0.2) is 0 Å². The lowest BCUT2D eigenvalue weighted by Gasteiger charge is -2.26. The van der Waals surface area contributed by atoms with Crippen LogP contribution in [-0.4, -0.2) is 31.1 Å². The molecule has 1 aromatic heterocycles. The summed E-state index contributed by atoms with van der Waals surface area (Å²) in [4.78, 5) is 13.9. The highest BCUT2D eigenvalue weighted by Crippen LogP contribution is 2.24. The van der Waals surface area contributed by atoms with Crippen molar-refractivity contribution in [2.75, 3.05) is 20.2 Å². The zero-order chi connectivity index (χ0) is 16.1. The Morgan fingerprint density at radius 1 is 1.30 bits per heavy atom. The van der Waals surface area contributed by atoms with Crippen LogP contribution in [0, 0.1) is 0 Å². The quantitative estimate of drug-likeness (QED) is 0.942. The number of furan rings is 1. The lowest BCUT2D eigenvalue weighted by molar-refractivity contribution is 0.201. The van der Waals surface area contributed by atoms with E-state index in [1.807, 2.05) is 24.3 Å². The summed E-state index contributed by atoms with van der Waals surface area (Å²) >= 11 is 0. The molecule has 1 aliphatic rings. The first-order valence-corrected chi connectivity index (χ1v) is 7.65. The van der Waals surface area contributed by atoms with Gasteiger partial charge in [0.05, 0.1) is 19.9 Å². The smallest absolute Gasteiger partial charge is 0.318 e. The molecule has 3 rings (SSSR count). The second-order valence-electron chi connectivity index (χ2n) is 5.39. The third-order valence-electron chi connectivity index (χ3n) is 3.95. The molecule has 1 aliphatic heterocycles. The molecule has 0 spiro atoms. The lowest BCUT2D eigenvalue weighted by atomic mass is 9.99. The van der Waals surface area contributed by atoms with Crippen LogP contribution in [0.5, 0.6) is 5.75 Å². The standard InChI is InChI=1S/C18H20N2O3/c1-22-16-6-4-14(5-7-16)15-8-10-20(11-9-15)18(21)19-13-17-3-2-12-23-17/h2-8,12H,9-11,13H2,1H3,(H,19,21). The molecule has 0 bridgehead atoms. The van der Waals surface area contributed by atoms with Crippen LogP contribution in [0.15, 0.2) is 53.2 Å². The molecule has 120 valence electrons. The van der Waals surface area contributed by atoms with Crippen molar-refractivity contribution in [1.29, 1.82) is 0 Å². The minimum Gasteiger partial charge on any atom is -0.497 e. The molecule has 1 aromatic carbocycles. The van der Waals surface area contributed by atoms with E-state index in [0.717, 1.165) is 17.9 Å². The number of amides is 2. The normalized spacial score (nSPS) is 14.3. The molecular formula is C18H20N2O3. The third kappa shape index (κ3) is 3.74. The summed E-state index contributed by atoms with van der Waals surface area (Å²) in [6.07, 6.45) is 4.56. The van der Waals surface area contributed by atoms with E-state index in [0.29, 0.717) is 19.6 Å². The predicted octanol–water partition coefficient (Wildman–Crippen LogP) is 3.29. The van der Waals surface area contributed by atoms with E-state index in [1.165, 1.54) is 11.1 Å². The van der Waals surface area contributed by atoms with E-state index in [9.17, 15) is 4.79 Å². The van der Waals surface area contributed by atoms with Gasteiger partial charge in [0.2, 0.25) is 0 Å². The first-order chi connectivity index (χ1) is 11.3. The van der Waals surface area contributed by atoms with Crippen LogP contribution in [0.3, 0.4) is 0 Å². The average Bonchev–Trinajstić information content (AvgIpc) is 3.13. The van der Waals surface area contributed by atoms with Crippen LogP contribution < -0.4 is 10.1 Å². The average molecular weight is 312 g/mol. The summed E-state index contributed by atoms with van der Waals surface area (Å²) in [6.45, 7) is 1.74. The number of ether oxygens (including phenoxy) is 1. The largest absolute Gasteiger partial charge is 0.497 e. The van der Waals surface area contributed by atoms with Gasteiger partial charge in [0, 0.05) is 13.1 Å². The fraction of sp³-hybridized carbons (Fsp3) is 0.278. The summed E-state index contributed by atoms with van der Waals surface area (Å²) in [5.41, 5.74) is 2.45. The van der Waals surface area contributed by atoms with Crippen LogP contribution in [0.2, 0.25) is 0 Å². The molecule has 2 amide bonds. The Balaban J connectivity index is 1.55. The van der Waals surface area contributed by atoms with E-state index in [2.05, 4.69) is 23.5 Å². The molecule has 0 fully saturated rings. The van der Waals surface area contributed by atoms with Crippen LogP contribution in [0.25, 0.3) is 5.57 Å². The van der Waals surface area contributed by atoms with Crippen molar-refractivity contribution in [3.8, 4) is 5.75 Å². The topological polar surface area (TPSA) is 54.7 Å². The molecule has 0 saturated heterocycles. The van der Waals surface area contributed by atoms with Gasteiger partial charge in [0.25, 0.3) is 0 Å². The number of methoxy groups -OCH3 is 1. The van der Waals surface area contributed by atoms with Crippen LogP contribution >= 0.6 is 0 Å². The molecule has 5 heteroatoms. The van der Waals surface area contributed by atoms with Gasteiger partial charge in [-0.3, -0.25) is 0 Å². The van der Waals surface area contributed by atoms with E-state index >= 15 is 0 Å². The van der Waals surface area contributed by atoms with Crippen molar-refractivity contribution in [2.45, 2.75) is 13.0 Å². The van der Waals surface area contributed by atoms with E-state index in [1.54, 1.807) is 18.3 Å². The number of nitrogens with zero attached hydrogens (tertiary/aromatic N) is 1.